The molecule has 1 atom stereocenters. The van der Waals surface area contributed by atoms with Crippen LogP contribution in [0.3, 0.4) is 0 Å². The zero-order chi connectivity index (χ0) is 13.1. The fourth-order valence-electron chi connectivity index (χ4n) is 2.14. The Morgan fingerprint density at radius 2 is 2.00 bits per heavy atom. The van der Waals surface area contributed by atoms with Crippen LogP contribution in [0.15, 0.2) is 0 Å². The highest BCUT2D eigenvalue weighted by atomic mass is 16.2. The number of amides is 3. The lowest BCUT2D eigenvalue weighted by atomic mass is 9.86. The molecular weight excluding hydrogens is 216 g/mol. The van der Waals surface area contributed by atoms with Gasteiger partial charge in [-0.2, -0.15) is 0 Å². The lowest BCUT2D eigenvalue weighted by molar-refractivity contribution is -0.130. The number of carbonyl (C=O) groups is 2. The van der Waals surface area contributed by atoms with Crippen LogP contribution in [-0.4, -0.2) is 29.4 Å². The van der Waals surface area contributed by atoms with Crippen LogP contribution in [0.25, 0.3) is 0 Å². The molecule has 4 heteroatoms. The first-order valence-electron chi connectivity index (χ1n) is 6.44. The normalized spacial score (nSPS) is 21.6. The molecule has 0 aromatic rings. The highest BCUT2D eigenvalue weighted by molar-refractivity contribution is 5.97. The van der Waals surface area contributed by atoms with E-state index in [1.165, 1.54) is 4.90 Å². The van der Waals surface area contributed by atoms with Crippen molar-refractivity contribution in [1.82, 2.24) is 10.2 Å². The van der Waals surface area contributed by atoms with E-state index in [4.69, 9.17) is 0 Å². The molecular formula is C13H24N2O2. The van der Waals surface area contributed by atoms with E-state index in [-0.39, 0.29) is 23.4 Å². The van der Waals surface area contributed by atoms with Crippen molar-refractivity contribution in [3.8, 4) is 0 Å². The molecule has 1 fully saturated rings. The summed E-state index contributed by atoms with van der Waals surface area (Å²) in [7, 11) is 0. The lowest BCUT2D eigenvalue weighted by Crippen LogP contribution is -2.55. The summed E-state index contributed by atoms with van der Waals surface area (Å²) in [4.78, 5) is 25.0. The first-order chi connectivity index (χ1) is 7.83. The molecule has 1 heterocycles. The van der Waals surface area contributed by atoms with Gasteiger partial charge in [0.2, 0.25) is 5.91 Å². The molecule has 3 amide bonds. The number of urea groups is 1. The third kappa shape index (κ3) is 4.36. The quantitative estimate of drug-likeness (QED) is 0.821. The van der Waals surface area contributed by atoms with E-state index in [2.05, 4.69) is 33.0 Å². The van der Waals surface area contributed by atoms with Gasteiger partial charge in [-0.1, -0.05) is 34.1 Å². The molecule has 0 aromatic heterocycles. The summed E-state index contributed by atoms with van der Waals surface area (Å²) >= 11 is 0. The van der Waals surface area contributed by atoms with Gasteiger partial charge in [0, 0.05) is 19.0 Å². The Hall–Kier alpha value is -1.06. The van der Waals surface area contributed by atoms with Gasteiger partial charge in [0.15, 0.2) is 0 Å². The monoisotopic (exact) mass is 240 g/mol. The van der Waals surface area contributed by atoms with E-state index < -0.39 is 0 Å². The van der Waals surface area contributed by atoms with Gasteiger partial charge in [-0.05, 0) is 18.3 Å². The molecule has 1 N–H and O–H groups in total. The van der Waals surface area contributed by atoms with Gasteiger partial charge < -0.3 is 5.32 Å². The van der Waals surface area contributed by atoms with E-state index in [0.29, 0.717) is 13.0 Å². The Morgan fingerprint density at radius 3 is 2.47 bits per heavy atom. The fraction of sp³-hybridized carbons (Fsp3) is 0.846. The number of unbranched alkanes of at least 4 members (excludes halogenated alkanes) is 1. The zero-order valence-electron chi connectivity index (χ0n) is 11.4. The molecule has 0 spiro atoms. The number of nitrogens with one attached hydrogen (secondary N) is 1. The maximum absolute atomic E-state index is 11.9. The second kappa shape index (κ2) is 5.52. The molecule has 0 aliphatic carbocycles. The van der Waals surface area contributed by atoms with Gasteiger partial charge in [-0.25, -0.2) is 4.79 Å². The van der Waals surface area contributed by atoms with Crippen molar-refractivity contribution in [2.75, 3.05) is 6.54 Å². The van der Waals surface area contributed by atoms with Gasteiger partial charge in [-0.3, -0.25) is 9.69 Å². The predicted octanol–water partition coefficient (Wildman–Crippen LogP) is 2.53. The molecule has 0 aromatic carbocycles. The van der Waals surface area contributed by atoms with E-state index in [9.17, 15) is 9.59 Å². The van der Waals surface area contributed by atoms with Crippen LogP contribution in [0.5, 0.6) is 0 Å². The minimum Gasteiger partial charge on any atom is -0.334 e. The summed E-state index contributed by atoms with van der Waals surface area (Å²) in [5.41, 5.74) is 0.129. The Morgan fingerprint density at radius 1 is 1.35 bits per heavy atom. The Labute approximate surface area is 104 Å². The molecule has 1 aliphatic rings. The number of nitrogens with zero attached hydrogens (tertiary/aromatic N) is 1. The Balaban J connectivity index is 2.55. The second-order valence-electron chi connectivity index (χ2n) is 6.01. The van der Waals surface area contributed by atoms with Gasteiger partial charge in [0.1, 0.15) is 0 Å². The summed E-state index contributed by atoms with van der Waals surface area (Å²) in [5, 5.41) is 2.93. The number of carbonyl (C=O) groups excluding carboxylic acids is 2. The predicted molar refractivity (Wildman–Crippen MR) is 67.6 cm³/mol. The van der Waals surface area contributed by atoms with Crippen molar-refractivity contribution in [3.63, 3.8) is 0 Å². The Bertz CT molecular complexity index is 276. The van der Waals surface area contributed by atoms with Crippen LogP contribution >= 0.6 is 0 Å². The SMILES string of the molecule is CCCCN1C(=O)CC(CC(C)(C)C)NC1=O. The Kier molecular flexibility index (Phi) is 4.54. The van der Waals surface area contributed by atoms with Crippen molar-refractivity contribution in [2.24, 2.45) is 5.41 Å². The fourth-order valence-corrected chi connectivity index (χ4v) is 2.14. The minimum absolute atomic E-state index is 0.00660. The number of imide groups is 1. The van der Waals surface area contributed by atoms with Crippen molar-refractivity contribution in [2.45, 2.75) is 59.4 Å². The highest BCUT2D eigenvalue weighted by Gasteiger charge is 2.33. The molecule has 1 aliphatic heterocycles. The number of hydrogen-bond acceptors (Lipinski definition) is 2. The second-order valence-corrected chi connectivity index (χ2v) is 6.01. The lowest BCUT2D eigenvalue weighted by Gasteiger charge is -2.34. The average molecular weight is 240 g/mol. The van der Waals surface area contributed by atoms with Gasteiger partial charge in [0.05, 0.1) is 0 Å². The maximum atomic E-state index is 11.9. The first kappa shape index (κ1) is 14.0. The third-order valence-corrected chi connectivity index (χ3v) is 2.89. The van der Waals surface area contributed by atoms with Crippen LogP contribution in [0.2, 0.25) is 0 Å². The summed E-state index contributed by atoms with van der Waals surface area (Å²) in [5.74, 6) is -0.0311. The largest absolute Gasteiger partial charge is 0.334 e. The van der Waals surface area contributed by atoms with Crippen LogP contribution in [0.1, 0.15) is 53.4 Å². The van der Waals surface area contributed by atoms with E-state index in [1.54, 1.807) is 0 Å². The van der Waals surface area contributed by atoms with E-state index >= 15 is 0 Å². The summed E-state index contributed by atoms with van der Waals surface area (Å²) in [6, 6.07) is -0.225. The molecule has 0 radical (unpaired) electrons. The van der Waals surface area contributed by atoms with Crippen LogP contribution in [-0.2, 0) is 4.79 Å². The third-order valence-electron chi connectivity index (χ3n) is 2.89. The number of rotatable bonds is 4. The van der Waals surface area contributed by atoms with Gasteiger partial charge in [0.25, 0.3) is 0 Å². The molecule has 0 bridgehead atoms. The molecule has 0 saturated carbocycles. The molecule has 1 rings (SSSR count). The highest BCUT2D eigenvalue weighted by Crippen LogP contribution is 2.24. The molecule has 1 saturated heterocycles. The summed E-state index contributed by atoms with van der Waals surface area (Å²) in [6.45, 7) is 8.95. The summed E-state index contributed by atoms with van der Waals surface area (Å²) in [6.07, 6.45) is 3.14. The maximum Gasteiger partial charge on any atom is 0.324 e. The van der Waals surface area contributed by atoms with Crippen molar-refractivity contribution in [1.29, 1.82) is 0 Å². The standard InChI is InChI=1S/C13H24N2O2/c1-5-6-7-15-11(16)8-10(14-12(15)17)9-13(2,3)4/h10H,5-9H2,1-4H3,(H,14,17). The summed E-state index contributed by atoms with van der Waals surface area (Å²) < 4.78 is 0. The first-order valence-corrected chi connectivity index (χ1v) is 6.44. The van der Waals surface area contributed by atoms with Crippen molar-refractivity contribution >= 4 is 11.9 Å². The number of hydrogen-bond donors (Lipinski definition) is 1. The van der Waals surface area contributed by atoms with Crippen molar-refractivity contribution < 1.29 is 9.59 Å². The van der Waals surface area contributed by atoms with Gasteiger partial charge >= 0.3 is 6.03 Å². The topological polar surface area (TPSA) is 49.4 Å². The molecule has 17 heavy (non-hydrogen) atoms. The molecule has 98 valence electrons. The smallest absolute Gasteiger partial charge is 0.324 e. The molecule has 1 unspecified atom stereocenters. The average Bonchev–Trinajstić information content (AvgIpc) is 2.13. The zero-order valence-corrected chi connectivity index (χ0v) is 11.4. The van der Waals surface area contributed by atoms with Crippen LogP contribution in [0.4, 0.5) is 4.79 Å². The van der Waals surface area contributed by atoms with Crippen LogP contribution in [0, 0.1) is 5.41 Å². The van der Waals surface area contributed by atoms with Gasteiger partial charge in [-0.15, -0.1) is 0 Å². The van der Waals surface area contributed by atoms with E-state index in [1.807, 2.05) is 0 Å². The van der Waals surface area contributed by atoms with Crippen molar-refractivity contribution in [3.05, 3.63) is 0 Å². The van der Waals surface area contributed by atoms with Crippen LogP contribution < -0.4 is 5.32 Å². The molecule has 4 nitrogen and oxygen atoms in total. The minimum atomic E-state index is -0.219. The van der Waals surface area contributed by atoms with E-state index in [0.717, 1.165) is 19.3 Å².